The van der Waals surface area contributed by atoms with E-state index in [-0.39, 0.29) is 24.8 Å². The fraction of sp³-hybridized carbons (Fsp3) is 0.500. The first-order chi connectivity index (χ1) is 16.4. The molecule has 0 fully saturated rings. The molecular weight excluding hydrogens is 709 g/mol. The molecule has 209 valence electrons. The van der Waals surface area contributed by atoms with Crippen LogP contribution in [0.1, 0.15) is 95.4 Å². The Morgan fingerprint density at radius 3 is 1.29 bits per heavy atom. The van der Waals surface area contributed by atoms with Gasteiger partial charge in [0.25, 0.3) is 0 Å². The van der Waals surface area contributed by atoms with Crippen molar-refractivity contribution in [3.05, 3.63) is 86.1 Å². The van der Waals surface area contributed by atoms with E-state index < -0.39 is 17.9 Å². The van der Waals surface area contributed by atoms with Crippen LogP contribution in [0.4, 0.5) is 0 Å². The van der Waals surface area contributed by atoms with Gasteiger partial charge in [0.15, 0.2) is 0 Å². The number of hydrogen-bond acceptors (Lipinski definition) is 0. The maximum atomic E-state index is 6.01. The molecule has 0 amide bonds. The molecule has 6 heteroatoms. The molecular formula is C32H45Cl4Zr2. The van der Waals surface area contributed by atoms with E-state index in [4.69, 9.17) is 17.0 Å². The van der Waals surface area contributed by atoms with Gasteiger partial charge in [0.05, 0.1) is 0 Å². The molecule has 4 aliphatic rings. The third-order valence-corrected chi connectivity index (χ3v) is 18.0. The van der Waals surface area contributed by atoms with E-state index in [1.165, 1.54) is 49.6 Å². The van der Waals surface area contributed by atoms with E-state index in [2.05, 4.69) is 88.3 Å². The fourth-order valence-corrected chi connectivity index (χ4v) is 9.89. The summed E-state index contributed by atoms with van der Waals surface area (Å²) >= 11 is -1.07. The quantitative estimate of drug-likeness (QED) is 0.344. The molecule has 0 saturated carbocycles. The number of halogens is 4. The summed E-state index contributed by atoms with van der Waals surface area (Å²) in [5.41, 5.74) is 17.3. The van der Waals surface area contributed by atoms with Crippen molar-refractivity contribution in [1.29, 1.82) is 0 Å². The SMILES string of the molecule is CC1=C(C)C(C)(C)[C]([Zr+2])=C1C.CC1=C(C)C(C)=C(C2=C(C)C(C)=C(C)C2)C1.[CH3][Zr]([Cl])([Cl])[C]1=CC=CC1.[Cl-].[Cl-]. The van der Waals surface area contributed by atoms with Crippen molar-refractivity contribution >= 4 is 17.0 Å². The predicted octanol–water partition coefficient (Wildman–Crippen LogP) is 5.63. The molecule has 0 saturated heterocycles. The van der Waals surface area contributed by atoms with Crippen molar-refractivity contribution in [3.8, 4) is 0 Å². The van der Waals surface area contributed by atoms with Gasteiger partial charge in [-0.3, -0.25) is 0 Å². The van der Waals surface area contributed by atoms with Gasteiger partial charge in [0.1, 0.15) is 0 Å². The molecule has 0 N–H and O–H groups in total. The first kappa shape index (κ1) is 38.8. The molecule has 0 aromatic heterocycles. The van der Waals surface area contributed by atoms with Crippen molar-refractivity contribution in [3.63, 3.8) is 0 Å². The average molecular weight is 754 g/mol. The van der Waals surface area contributed by atoms with Crippen LogP contribution < -0.4 is 24.8 Å². The summed E-state index contributed by atoms with van der Waals surface area (Å²) in [5.74, 6) is 0. The van der Waals surface area contributed by atoms with Crippen LogP contribution in [0.5, 0.6) is 0 Å². The monoisotopic (exact) mass is 749 g/mol. The smallest absolute Gasteiger partial charge is 1.00 e. The molecule has 0 bridgehead atoms. The van der Waals surface area contributed by atoms with Gasteiger partial charge in [-0.2, -0.15) is 0 Å². The summed E-state index contributed by atoms with van der Waals surface area (Å²) in [6.45, 7) is 25.0. The molecule has 0 atom stereocenters. The van der Waals surface area contributed by atoms with E-state index >= 15 is 0 Å². The Kier molecular flexibility index (Phi) is 15.7. The van der Waals surface area contributed by atoms with Gasteiger partial charge < -0.3 is 24.8 Å². The largest absolute Gasteiger partial charge is 1.00 e. The summed E-state index contributed by atoms with van der Waals surface area (Å²) in [6, 6.07) is 0. The Morgan fingerprint density at radius 2 is 1.13 bits per heavy atom. The third-order valence-electron chi connectivity index (χ3n) is 8.96. The fourth-order valence-electron chi connectivity index (χ4n) is 5.19. The van der Waals surface area contributed by atoms with E-state index in [9.17, 15) is 0 Å². The first-order valence-corrected chi connectivity index (χ1v) is 24.3. The summed E-state index contributed by atoms with van der Waals surface area (Å²) in [4.78, 5) is 0. The minimum Gasteiger partial charge on any atom is -1.00 e. The summed E-state index contributed by atoms with van der Waals surface area (Å²) in [5, 5.41) is 0. The van der Waals surface area contributed by atoms with Gasteiger partial charge in [0, 0.05) is 0 Å². The Morgan fingerprint density at radius 1 is 0.711 bits per heavy atom. The molecule has 0 radical (unpaired) electrons. The van der Waals surface area contributed by atoms with Gasteiger partial charge in [-0.05, 0) is 87.8 Å². The number of hydrogen-bond donors (Lipinski definition) is 0. The molecule has 4 rings (SSSR count). The summed E-state index contributed by atoms with van der Waals surface area (Å²) < 4.78 is 4.91. The second-order valence-corrected chi connectivity index (χ2v) is 28.7. The maximum absolute atomic E-state index is 6.01. The zero-order valence-corrected chi connectivity index (χ0v) is 33.3. The Balaban J connectivity index is 0.000000551. The minimum absolute atomic E-state index is 0. The summed E-state index contributed by atoms with van der Waals surface area (Å²) in [7, 11) is 12.0. The van der Waals surface area contributed by atoms with Crippen LogP contribution in [0, 0.1) is 5.41 Å². The molecule has 0 aliphatic heterocycles. The van der Waals surface area contributed by atoms with Crippen LogP contribution in [0.15, 0.2) is 86.1 Å². The average Bonchev–Trinajstić information content (AvgIpc) is 3.53. The van der Waals surface area contributed by atoms with Gasteiger partial charge in [-0.1, -0.05) is 11.1 Å². The number of rotatable bonds is 2. The van der Waals surface area contributed by atoms with Gasteiger partial charge in [0.2, 0.25) is 0 Å². The van der Waals surface area contributed by atoms with Crippen molar-refractivity contribution in [2.75, 3.05) is 0 Å². The van der Waals surface area contributed by atoms with E-state index in [1.807, 2.05) is 10.7 Å². The van der Waals surface area contributed by atoms with Gasteiger partial charge in [-0.15, -0.1) is 0 Å². The van der Waals surface area contributed by atoms with Crippen LogP contribution in [-0.2, 0) is 42.6 Å². The zero-order chi connectivity index (χ0) is 27.7. The molecule has 0 spiro atoms. The van der Waals surface area contributed by atoms with Crippen LogP contribution >= 0.6 is 17.0 Å². The third kappa shape index (κ3) is 8.68. The molecule has 0 nitrogen and oxygen atoms in total. The van der Waals surface area contributed by atoms with Gasteiger partial charge >= 0.3 is 152 Å². The molecule has 0 aromatic carbocycles. The molecule has 0 heterocycles. The van der Waals surface area contributed by atoms with Crippen LogP contribution in [0.25, 0.3) is 0 Å². The standard InChI is InChI=1S/C16H22.C10H15.C5H5.CH3.4ClH.2Zr/c1-9-7-15(13(5)11(9)3)16-8-10(2)12(4)14(16)6;1-7-6-10(4,5)9(3)8(7)2;1-2-4-5-3-1;;;;;;;/h7-8H2,1-6H3;1-5H3;1-3H,4H2;1H3;4*1H;;/q;;;;;;;;2*+2/p-4. The van der Waals surface area contributed by atoms with Crippen LogP contribution in [0.2, 0.25) is 4.63 Å². The molecule has 0 aromatic rings. The van der Waals surface area contributed by atoms with E-state index in [1.54, 1.807) is 55.9 Å². The topological polar surface area (TPSA) is 0 Å². The van der Waals surface area contributed by atoms with Crippen molar-refractivity contribution in [1.82, 2.24) is 0 Å². The van der Waals surface area contributed by atoms with E-state index in [0.717, 1.165) is 6.42 Å². The minimum atomic E-state index is -2.65. The second-order valence-electron chi connectivity index (χ2n) is 11.5. The number of allylic oxidation sites excluding steroid dienone is 16. The predicted molar refractivity (Wildman–Crippen MR) is 156 cm³/mol. The first-order valence-electron chi connectivity index (χ1n) is 13.0. The maximum Gasteiger partial charge on any atom is -1.00 e. The van der Waals surface area contributed by atoms with Crippen molar-refractivity contribution in [2.24, 2.45) is 5.41 Å². The van der Waals surface area contributed by atoms with Crippen LogP contribution in [-0.4, -0.2) is 0 Å². The zero-order valence-electron chi connectivity index (χ0n) is 25.4. The van der Waals surface area contributed by atoms with E-state index in [0.29, 0.717) is 5.41 Å². The van der Waals surface area contributed by atoms with Crippen molar-refractivity contribution < 1.29 is 67.4 Å². The molecule has 38 heavy (non-hydrogen) atoms. The van der Waals surface area contributed by atoms with Crippen LogP contribution in [0.3, 0.4) is 0 Å². The normalized spacial score (nSPS) is 20.5. The molecule has 0 unspecified atom stereocenters. The Bertz CT molecular complexity index is 1120. The van der Waals surface area contributed by atoms with Gasteiger partial charge in [-0.25, -0.2) is 0 Å². The Hall–Kier alpha value is 0.846. The van der Waals surface area contributed by atoms with Crippen molar-refractivity contribution in [2.45, 2.75) is 100 Å². The second kappa shape index (κ2) is 15.4. The summed E-state index contributed by atoms with van der Waals surface area (Å²) in [6.07, 6.45) is 9.50. The Labute approximate surface area is 273 Å². The molecule has 4 aliphatic carbocycles.